The molecule has 1 aromatic carbocycles. The maximum atomic E-state index is 12.5. The van der Waals surface area contributed by atoms with Crippen LogP contribution in [0.4, 0.5) is 4.79 Å². The fourth-order valence-electron chi connectivity index (χ4n) is 4.24. The molecule has 3 aromatic rings. The Morgan fingerprint density at radius 2 is 1.73 bits per heavy atom. The van der Waals surface area contributed by atoms with E-state index in [4.69, 9.17) is 0 Å². The molecule has 2 N–H and O–H groups in total. The highest BCUT2D eigenvalue weighted by Gasteiger charge is 2.24. The summed E-state index contributed by atoms with van der Waals surface area (Å²) < 4.78 is 1.49. The molecule has 0 saturated carbocycles. The van der Waals surface area contributed by atoms with Crippen LogP contribution in [0.15, 0.2) is 39.9 Å². The van der Waals surface area contributed by atoms with Gasteiger partial charge in [0.2, 0.25) is 0 Å². The summed E-state index contributed by atoms with van der Waals surface area (Å²) in [6, 6.07) is 9.71. The van der Waals surface area contributed by atoms with Crippen molar-refractivity contribution >= 4 is 17.2 Å². The molecule has 33 heavy (non-hydrogen) atoms. The Morgan fingerprint density at radius 3 is 2.39 bits per heavy atom. The number of rotatable bonds is 7. The Labute approximate surface area is 191 Å². The summed E-state index contributed by atoms with van der Waals surface area (Å²) in [5, 5.41) is 0. The van der Waals surface area contributed by atoms with Gasteiger partial charge in [-0.05, 0) is 19.4 Å². The standard InChI is InChI=1S/C23H31N7O3/c1-3-28(4-2)23(33)29-14-12-27(13-15-29)11-10-18-24-19-20(25-18)30(22(32)26-21(19)31)16-17-8-6-5-7-9-17/h5-9H,3-4,10-16H2,1-2H3,(H,24,25)(H,26,31,32). The molecule has 10 nitrogen and oxygen atoms in total. The summed E-state index contributed by atoms with van der Waals surface area (Å²) in [4.78, 5) is 53.4. The van der Waals surface area contributed by atoms with Gasteiger partial charge in [-0.1, -0.05) is 30.3 Å². The Balaban J connectivity index is 1.42. The normalized spacial score (nSPS) is 14.7. The van der Waals surface area contributed by atoms with Gasteiger partial charge in [-0.2, -0.15) is 0 Å². The van der Waals surface area contributed by atoms with E-state index >= 15 is 0 Å². The van der Waals surface area contributed by atoms with Gasteiger partial charge in [0.15, 0.2) is 5.65 Å². The summed E-state index contributed by atoms with van der Waals surface area (Å²) >= 11 is 0. The molecule has 0 radical (unpaired) electrons. The second kappa shape index (κ2) is 10.0. The van der Waals surface area contributed by atoms with E-state index in [0.717, 1.165) is 38.3 Å². The largest absolute Gasteiger partial charge is 0.336 e. The van der Waals surface area contributed by atoms with Crippen LogP contribution >= 0.6 is 0 Å². The van der Waals surface area contributed by atoms with Gasteiger partial charge in [0.25, 0.3) is 5.56 Å². The number of nitrogens with one attached hydrogen (secondary N) is 2. The number of imidazole rings is 1. The zero-order valence-electron chi connectivity index (χ0n) is 19.2. The lowest BCUT2D eigenvalue weighted by Gasteiger charge is -2.37. The van der Waals surface area contributed by atoms with E-state index in [2.05, 4.69) is 19.9 Å². The molecule has 10 heteroatoms. The summed E-state index contributed by atoms with van der Waals surface area (Å²) in [6.07, 6.45) is 0.623. The van der Waals surface area contributed by atoms with Gasteiger partial charge < -0.3 is 14.8 Å². The number of amides is 2. The Bertz CT molecular complexity index is 1200. The molecule has 1 aliphatic rings. The Kier molecular flexibility index (Phi) is 6.93. The van der Waals surface area contributed by atoms with Crippen LogP contribution < -0.4 is 11.2 Å². The lowest BCUT2D eigenvalue weighted by molar-refractivity contribution is 0.115. The highest BCUT2D eigenvalue weighted by Crippen LogP contribution is 2.11. The van der Waals surface area contributed by atoms with Crippen molar-refractivity contribution in [3.8, 4) is 0 Å². The number of aromatic nitrogens is 4. The smallest absolute Gasteiger partial charge is 0.330 e. The lowest BCUT2D eigenvalue weighted by Crippen LogP contribution is -2.53. The number of benzene rings is 1. The van der Waals surface area contributed by atoms with E-state index in [1.165, 1.54) is 4.57 Å². The summed E-state index contributed by atoms with van der Waals surface area (Å²) in [6.45, 7) is 9.52. The maximum absolute atomic E-state index is 12.5. The first-order valence-electron chi connectivity index (χ1n) is 11.5. The van der Waals surface area contributed by atoms with E-state index in [1.807, 2.05) is 54.0 Å². The second-order valence-electron chi connectivity index (χ2n) is 8.25. The van der Waals surface area contributed by atoms with Gasteiger partial charge in [0, 0.05) is 52.2 Å². The van der Waals surface area contributed by atoms with Gasteiger partial charge in [-0.3, -0.25) is 19.2 Å². The molecular formula is C23H31N7O3. The fraction of sp³-hybridized carbons (Fsp3) is 0.478. The summed E-state index contributed by atoms with van der Waals surface area (Å²) in [5.41, 5.74) is 0.715. The molecule has 0 spiro atoms. The highest BCUT2D eigenvalue weighted by atomic mass is 16.2. The predicted molar refractivity (Wildman–Crippen MR) is 127 cm³/mol. The maximum Gasteiger partial charge on any atom is 0.330 e. The summed E-state index contributed by atoms with van der Waals surface area (Å²) in [5.74, 6) is 0.671. The number of piperazine rings is 1. The van der Waals surface area contributed by atoms with Crippen molar-refractivity contribution in [2.45, 2.75) is 26.8 Å². The third kappa shape index (κ3) is 5.00. The number of hydrogen-bond acceptors (Lipinski definition) is 5. The average molecular weight is 454 g/mol. The van der Waals surface area contributed by atoms with Gasteiger partial charge >= 0.3 is 11.7 Å². The molecule has 2 amide bonds. The molecule has 0 bridgehead atoms. The minimum absolute atomic E-state index is 0.104. The minimum atomic E-state index is -0.469. The molecule has 0 aliphatic carbocycles. The second-order valence-corrected chi connectivity index (χ2v) is 8.25. The van der Waals surface area contributed by atoms with E-state index in [9.17, 15) is 14.4 Å². The SMILES string of the molecule is CCN(CC)C(=O)N1CCN(CCc2nc3c([nH]2)c(=O)[nH]c(=O)n3Cc2ccccc2)CC1. The van der Waals surface area contributed by atoms with Gasteiger partial charge in [-0.15, -0.1) is 0 Å². The molecule has 1 saturated heterocycles. The number of urea groups is 1. The number of H-pyrrole nitrogens is 2. The predicted octanol–water partition coefficient (Wildman–Crippen LogP) is 1.08. The van der Waals surface area contributed by atoms with Crippen LogP contribution in [-0.4, -0.2) is 86.1 Å². The minimum Gasteiger partial charge on any atom is -0.336 e. The zero-order chi connectivity index (χ0) is 23.4. The van der Waals surface area contributed by atoms with Crippen LogP contribution in [-0.2, 0) is 13.0 Å². The molecule has 176 valence electrons. The third-order valence-electron chi connectivity index (χ3n) is 6.21. The molecule has 1 aliphatic heterocycles. The number of carbonyl (C=O) groups is 1. The first-order chi connectivity index (χ1) is 16.0. The van der Waals surface area contributed by atoms with Crippen LogP contribution in [0.1, 0.15) is 25.2 Å². The van der Waals surface area contributed by atoms with Gasteiger partial charge in [-0.25, -0.2) is 14.6 Å². The van der Waals surface area contributed by atoms with E-state index in [1.54, 1.807) is 0 Å². The first kappa shape index (κ1) is 22.8. The van der Waals surface area contributed by atoms with Crippen molar-refractivity contribution in [1.82, 2.24) is 34.2 Å². The van der Waals surface area contributed by atoms with Crippen molar-refractivity contribution in [2.24, 2.45) is 0 Å². The Morgan fingerprint density at radius 1 is 1.03 bits per heavy atom. The zero-order valence-corrected chi connectivity index (χ0v) is 19.2. The molecule has 2 aromatic heterocycles. The third-order valence-corrected chi connectivity index (χ3v) is 6.21. The molecule has 0 atom stereocenters. The number of hydrogen-bond donors (Lipinski definition) is 2. The molecule has 4 rings (SSSR count). The van der Waals surface area contributed by atoms with E-state index in [0.29, 0.717) is 43.0 Å². The first-order valence-corrected chi connectivity index (χ1v) is 11.5. The number of nitrogens with zero attached hydrogens (tertiary/aromatic N) is 5. The number of aromatic amines is 2. The van der Waals surface area contributed by atoms with Crippen molar-refractivity contribution in [1.29, 1.82) is 0 Å². The topological polar surface area (TPSA) is 110 Å². The molecular weight excluding hydrogens is 422 g/mol. The van der Waals surface area contributed by atoms with Crippen LogP contribution in [0.2, 0.25) is 0 Å². The monoisotopic (exact) mass is 453 g/mol. The van der Waals surface area contributed by atoms with Crippen molar-refractivity contribution in [2.75, 3.05) is 45.8 Å². The van der Waals surface area contributed by atoms with Gasteiger partial charge in [0.05, 0.1) is 6.54 Å². The average Bonchev–Trinajstić information content (AvgIpc) is 3.27. The summed E-state index contributed by atoms with van der Waals surface area (Å²) in [7, 11) is 0. The van der Waals surface area contributed by atoms with Crippen molar-refractivity contribution < 1.29 is 4.79 Å². The van der Waals surface area contributed by atoms with Crippen LogP contribution in [0.25, 0.3) is 11.2 Å². The van der Waals surface area contributed by atoms with Crippen LogP contribution in [0, 0.1) is 0 Å². The molecule has 1 fully saturated rings. The van der Waals surface area contributed by atoms with Crippen molar-refractivity contribution in [3.63, 3.8) is 0 Å². The van der Waals surface area contributed by atoms with Gasteiger partial charge in [0.1, 0.15) is 11.3 Å². The molecule has 0 unspecified atom stereocenters. The Hall–Kier alpha value is -3.40. The van der Waals surface area contributed by atoms with Crippen LogP contribution in [0.3, 0.4) is 0 Å². The molecule has 3 heterocycles. The van der Waals surface area contributed by atoms with Crippen LogP contribution in [0.5, 0.6) is 0 Å². The fourth-order valence-corrected chi connectivity index (χ4v) is 4.24. The lowest BCUT2D eigenvalue weighted by atomic mass is 10.2. The highest BCUT2D eigenvalue weighted by molar-refractivity contribution is 5.74. The quantitative estimate of drug-likeness (QED) is 0.556. The van der Waals surface area contributed by atoms with Crippen molar-refractivity contribution in [3.05, 3.63) is 62.6 Å². The van der Waals surface area contributed by atoms with E-state index in [-0.39, 0.29) is 6.03 Å². The number of carbonyl (C=O) groups excluding carboxylic acids is 1. The van der Waals surface area contributed by atoms with E-state index < -0.39 is 11.2 Å². The number of fused-ring (bicyclic) bond motifs is 1.